The molecular weight excluding hydrogens is 140 g/mol. The molecule has 0 aliphatic heterocycles. The molecule has 3 N–H and O–H groups in total. The number of hydrogen-bond donors (Lipinski definition) is 3. The van der Waals surface area contributed by atoms with Gasteiger partial charge in [0.25, 0.3) is 0 Å². The summed E-state index contributed by atoms with van der Waals surface area (Å²) >= 11 is 0. The van der Waals surface area contributed by atoms with Crippen LogP contribution in [-0.2, 0) is 0 Å². The molecule has 0 saturated carbocycles. The van der Waals surface area contributed by atoms with E-state index in [1.54, 1.807) is 12.1 Å². The van der Waals surface area contributed by atoms with Gasteiger partial charge in [-0.1, -0.05) is 12.1 Å². The second-order valence-corrected chi connectivity index (χ2v) is 1.99. The van der Waals surface area contributed by atoms with Gasteiger partial charge in [0.15, 0.2) is 0 Å². The van der Waals surface area contributed by atoms with Crippen molar-refractivity contribution >= 4 is 31.2 Å². The summed E-state index contributed by atoms with van der Waals surface area (Å²) in [5.41, 5.74) is -0.123. The van der Waals surface area contributed by atoms with E-state index >= 15 is 0 Å². The van der Waals surface area contributed by atoms with Crippen LogP contribution in [0.4, 0.5) is 0 Å². The molecule has 0 bridgehead atoms. The van der Waals surface area contributed by atoms with Crippen LogP contribution >= 0.6 is 0 Å². The molecule has 1 heterocycles. The van der Waals surface area contributed by atoms with Crippen LogP contribution in [0.2, 0.25) is 0 Å². The third-order valence-electron chi connectivity index (χ3n) is 1.08. The third kappa shape index (κ3) is 3.06. The molecule has 1 aromatic rings. The van der Waals surface area contributed by atoms with E-state index in [4.69, 9.17) is 15.1 Å². The summed E-state index contributed by atoms with van der Waals surface area (Å²) < 4.78 is 0. The minimum atomic E-state index is -3.42. The average molecular weight is 148 g/mol. The van der Waals surface area contributed by atoms with Crippen LogP contribution in [0.3, 0.4) is 0 Å². The van der Waals surface area contributed by atoms with Crippen molar-refractivity contribution in [2.75, 3.05) is 0 Å². The summed E-state index contributed by atoms with van der Waals surface area (Å²) in [6.07, 6.45) is 1.37. The van der Waals surface area contributed by atoms with Gasteiger partial charge in [0.2, 0.25) is 0 Å². The van der Waals surface area contributed by atoms with Crippen LogP contribution in [0, 0.1) is 0 Å². The molecule has 56 valence electrons. The van der Waals surface area contributed by atoms with Crippen LogP contribution in [0.5, 0.6) is 0 Å². The first-order valence-corrected chi connectivity index (χ1v) is 2.83. The van der Waals surface area contributed by atoms with Crippen molar-refractivity contribution in [1.82, 2.24) is 4.98 Å². The Morgan fingerprint density at radius 2 is 1.82 bits per heavy atom. The number of aromatic nitrogens is 1. The Morgan fingerprint density at radius 1 is 1.18 bits per heavy atom. The van der Waals surface area contributed by atoms with Crippen molar-refractivity contribution in [2.45, 2.75) is 0 Å². The first-order chi connectivity index (χ1) is 4.61. The molecule has 0 saturated heterocycles. The van der Waals surface area contributed by atoms with Crippen LogP contribution in [-0.4, -0.2) is 45.7 Å². The molecule has 1 rings (SSSR count). The predicted octanol–water partition coefficient (Wildman–Crippen LogP) is -2.44. The van der Waals surface area contributed by atoms with Gasteiger partial charge >= 0.3 is 25.6 Å². The molecule has 0 aromatic carbocycles. The third-order valence-corrected chi connectivity index (χ3v) is 1.08. The molecule has 0 radical (unpaired) electrons. The molecule has 0 atom stereocenters. The van der Waals surface area contributed by atoms with Gasteiger partial charge in [-0.2, -0.15) is 0 Å². The van der Waals surface area contributed by atoms with Gasteiger partial charge in [-0.25, -0.2) is 0 Å². The zero-order chi connectivity index (χ0) is 7.61. The Balaban J connectivity index is 0.000001000. The number of pyridine rings is 1. The Labute approximate surface area is 76.1 Å². The monoisotopic (exact) mass is 148 g/mol. The summed E-state index contributed by atoms with van der Waals surface area (Å²) in [4.78, 5) is 3.53. The van der Waals surface area contributed by atoms with Crippen LogP contribution < -0.4 is 5.59 Å². The van der Waals surface area contributed by atoms with Crippen molar-refractivity contribution in [3.05, 3.63) is 24.4 Å². The fraction of sp³-hybridized carbons (Fsp3) is 0. The van der Waals surface area contributed by atoms with Gasteiger partial charge in [-0.3, -0.25) is 4.98 Å². The van der Waals surface area contributed by atoms with Crippen LogP contribution in [0.25, 0.3) is 0 Å². The maximum atomic E-state index is 8.60. The fourth-order valence-electron chi connectivity index (χ4n) is 0.605. The SMILES string of the molecule is O[B-](O)(O)c1ccccn1.[LiH]. The first-order valence-electron chi connectivity index (χ1n) is 2.83. The van der Waals surface area contributed by atoms with Crippen LogP contribution in [0.15, 0.2) is 24.4 Å². The molecular formula is C5H8BLiNO3-. The van der Waals surface area contributed by atoms with Crippen molar-refractivity contribution in [3.8, 4) is 0 Å². The van der Waals surface area contributed by atoms with Gasteiger partial charge < -0.3 is 15.1 Å². The summed E-state index contributed by atoms with van der Waals surface area (Å²) in [6.45, 7) is -3.42. The van der Waals surface area contributed by atoms with Gasteiger partial charge in [0.1, 0.15) is 0 Å². The Hall–Kier alpha value is -0.308. The first kappa shape index (κ1) is 10.7. The molecule has 0 spiro atoms. The quantitative estimate of drug-likeness (QED) is 0.386. The van der Waals surface area contributed by atoms with E-state index < -0.39 is 6.75 Å². The van der Waals surface area contributed by atoms with Crippen LogP contribution in [0.1, 0.15) is 0 Å². The average Bonchev–Trinajstić information content (AvgIpc) is 1.88. The summed E-state index contributed by atoms with van der Waals surface area (Å²) in [5.74, 6) is 0. The molecule has 1 aromatic heterocycles. The van der Waals surface area contributed by atoms with E-state index in [9.17, 15) is 0 Å². The normalized spacial score (nSPS) is 10.5. The van der Waals surface area contributed by atoms with Crippen molar-refractivity contribution in [3.63, 3.8) is 0 Å². The van der Waals surface area contributed by atoms with E-state index in [0.29, 0.717) is 0 Å². The van der Waals surface area contributed by atoms with E-state index in [1.807, 2.05) is 0 Å². The van der Waals surface area contributed by atoms with Crippen molar-refractivity contribution < 1.29 is 15.1 Å². The molecule has 0 aliphatic rings. The Kier molecular flexibility index (Phi) is 3.80. The molecule has 4 nitrogen and oxygen atoms in total. The predicted molar refractivity (Wildman–Crippen MR) is 43.4 cm³/mol. The van der Waals surface area contributed by atoms with Gasteiger partial charge in [-0.15, -0.1) is 0 Å². The Bertz CT molecular complexity index is 213. The molecule has 6 heteroatoms. The standard InChI is InChI=1S/C5H7BNO3.Li.H/c8-6(9,10)5-3-1-2-4-7-5;;/h1-4,8-10H;;/q-1;;. The zero-order valence-electron chi connectivity index (χ0n) is 5.18. The van der Waals surface area contributed by atoms with Crippen molar-refractivity contribution in [2.24, 2.45) is 0 Å². The second-order valence-electron chi connectivity index (χ2n) is 1.99. The molecule has 0 unspecified atom stereocenters. The van der Waals surface area contributed by atoms with Crippen molar-refractivity contribution in [1.29, 1.82) is 0 Å². The van der Waals surface area contributed by atoms with E-state index in [2.05, 4.69) is 4.98 Å². The molecule has 0 aliphatic carbocycles. The fourth-order valence-corrected chi connectivity index (χ4v) is 0.605. The molecule has 0 fully saturated rings. The number of nitrogens with zero attached hydrogens (tertiary/aromatic N) is 1. The number of rotatable bonds is 1. The van der Waals surface area contributed by atoms with E-state index in [-0.39, 0.29) is 24.5 Å². The number of hydrogen-bond acceptors (Lipinski definition) is 4. The topological polar surface area (TPSA) is 73.6 Å². The van der Waals surface area contributed by atoms with E-state index in [1.165, 1.54) is 12.3 Å². The second kappa shape index (κ2) is 3.91. The molecule has 11 heavy (non-hydrogen) atoms. The van der Waals surface area contributed by atoms with Gasteiger partial charge in [0, 0.05) is 6.20 Å². The summed E-state index contributed by atoms with van der Waals surface area (Å²) in [6, 6.07) is 4.51. The minimum absolute atomic E-state index is 0. The van der Waals surface area contributed by atoms with Gasteiger partial charge in [0.05, 0.1) is 0 Å². The van der Waals surface area contributed by atoms with E-state index in [0.717, 1.165) is 0 Å². The summed E-state index contributed by atoms with van der Waals surface area (Å²) in [5, 5.41) is 25.8. The maximum absolute atomic E-state index is 8.60. The summed E-state index contributed by atoms with van der Waals surface area (Å²) in [7, 11) is 0. The zero-order valence-corrected chi connectivity index (χ0v) is 5.18. The Morgan fingerprint density at radius 3 is 2.09 bits per heavy atom. The van der Waals surface area contributed by atoms with Gasteiger partial charge in [-0.05, 0) is 11.7 Å². The molecule has 0 amide bonds.